The SMILES string of the molecule is Cc1cc(CN(CC2CCCCC2)[C@@H](C)c2ccc(Cl)cc2)ccc1OCCN1C(=O)CN(C)C1=O. The van der Waals surface area contributed by atoms with E-state index in [9.17, 15) is 9.59 Å². The number of urea groups is 1. The summed E-state index contributed by atoms with van der Waals surface area (Å²) in [7, 11) is 1.63. The standard InChI is InChI=1S/C29H38ClN3O3/c1-21-17-24(9-14-27(21)36-16-15-33-28(34)20-31(3)29(33)35)19-32(18-23-7-5-4-6-8-23)22(2)25-10-12-26(30)13-11-25/h9-14,17,22-23H,4-8,15-16,18-20H2,1-3H3/t22-/m0/s1. The average Bonchev–Trinajstić information content (AvgIpc) is 3.11. The number of likely N-dealkylation sites (N-methyl/N-ethyl adjacent to an activating group) is 1. The zero-order valence-corrected chi connectivity index (χ0v) is 22.5. The van der Waals surface area contributed by atoms with Crippen molar-refractivity contribution in [2.24, 2.45) is 5.92 Å². The molecule has 0 unspecified atom stereocenters. The summed E-state index contributed by atoms with van der Waals surface area (Å²) in [5, 5.41) is 0.765. The van der Waals surface area contributed by atoms with Gasteiger partial charge in [-0.25, -0.2) is 4.79 Å². The van der Waals surface area contributed by atoms with Gasteiger partial charge in [-0.3, -0.25) is 14.6 Å². The monoisotopic (exact) mass is 511 g/mol. The first kappa shape index (κ1) is 26.5. The van der Waals surface area contributed by atoms with Gasteiger partial charge in [-0.2, -0.15) is 0 Å². The van der Waals surface area contributed by atoms with Crippen molar-refractivity contribution in [1.82, 2.24) is 14.7 Å². The molecule has 1 aliphatic carbocycles. The lowest BCUT2D eigenvalue weighted by atomic mass is 9.88. The highest BCUT2D eigenvalue weighted by molar-refractivity contribution is 6.30. The van der Waals surface area contributed by atoms with Crippen molar-refractivity contribution in [3.63, 3.8) is 0 Å². The van der Waals surface area contributed by atoms with Crippen LogP contribution in [0.1, 0.15) is 61.8 Å². The van der Waals surface area contributed by atoms with Crippen molar-refractivity contribution >= 4 is 23.5 Å². The number of carbonyl (C=O) groups excluding carboxylic acids is 2. The Hall–Kier alpha value is -2.57. The predicted octanol–water partition coefficient (Wildman–Crippen LogP) is 6.06. The van der Waals surface area contributed by atoms with E-state index in [1.807, 2.05) is 25.1 Å². The Morgan fingerprint density at radius 3 is 2.44 bits per heavy atom. The number of hydrogen-bond acceptors (Lipinski definition) is 4. The van der Waals surface area contributed by atoms with Gasteiger partial charge >= 0.3 is 6.03 Å². The van der Waals surface area contributed by atoms with E-state index in [2.05, 4.69) is 36.1 Å². The normalized spacial score (nSPS) is 17.8. The van der Waals surface area contributed by atoms with Crippen molar-refractivity contribution in [3.8, 4) is 5.75 Å². The molecule has 2 aliphatic rings. The molecule has 1 atom stereocenters. The van der Waals surface area contributed by atoms with E-state index in [0.717, 1.165) is 35.3 Å². The van der Waals surface area contributed by atoms with Crippen LogP contribution in [0.5, 0.6) is 5.75 Å². The number of ether oxygens (including phenoxy) is 1. The number of carbonyl (C=O) groups is 2. The van der Waals surface area contributed by atoms with Crippen molar-refractivity contribution < 1.29 is 14.3 Å². The molecular formula is C29H38ClN3O3. The molecule has 6 nitrogen and oxygen atoms in total. The minimum absolute atomic E-state index is 0.137. The molecule has 194 valence electrons. The number of imide groups is 1. The second kappa shape index (κ2) is 12.1. The van der Waals surface area contributed by atoms with Crippen LogP contribution in [0.25, 0.3) is 0 Å². The zero-order valence-electron chi connectivity index (χ0n) is 21.7. The lowest BCUT2D eigenvalue weighted by molar-refractivity contribution is -0.125. The summed E-state index contributed by atoms with van der Waals surface area (Å²) in [5.41, 5.74) is 3.59. The molecule has 1 saturated heterocycles. The van der Waals surface area contributed by atoms with E-state index in [1.54, 1.807) is 7.05 Å². The van der Waals surface area contributed by atoms with Crippen molar-refractivity contribution in [3.05, 3.63) is 64.2 Å². The van der Waals surface area contributed by atoms with Gasteiger partial charge in [0.1, 0.15) is 18.9 Å². The number of rotatable bonds is 10. The lowest BCUT2D eigenvalue weighted by Gasteiger charge is -2.34. The van der Waals surface area contributed by atoms with E-state index < -0.39 is 0 Å². The Morgan fingerprint density at radius 2 is 1.81 bits per heavy atom. The van der Waals surface area contributed by atoms with Gasteiger partial charge in [0.2, 0.25) is 5.91 Å². The fourth-order valence-corrected chi connectivity index (χ4v) is 5.48. The quantitative estimate of drug-likeness (QED) is 0.363. The largest absolute Gasteiger partial charge is 0.491 e. The Labute approximate surface area is 220 Å². The maximum atomic E-state index is 12.1. The number of aryl methyl sites for hydroxylation is 1. The van der Waals surface area contributed by atoms with Crippen LogP contribution >= 0.6 is 11.6 Å². The summed E-state index contributed by atoms with van der Waals surface area (Å²) in [6.45, 7) is 6.97. The van der Waals surface area contributed by atoms with E-state index in [-0.39, 0.29) is 37.7 Å². The number of hydrogen-bond donors (Lipinski definition) is 0. The molecule has 3 amide bonds. The van der Waals surface area contributed by atoms with Gasteiger partial charge < -0.3 is 9.64 Å². The number of nitrogens with zero attached hydrogens (tertiary/aromatic N) is 3. The molecule has 0 spiro atoms. The van der Waals surface area contributed by atoms with Crippen LogP contribution in [0, 0.1) is 12.8 Å². The number of benzene rings is 2. The molecule has 0 N–H and O–H groups in total. The summed E-state index contributed by atoms with van der Waals surface area (Å²) in [4.78, 5) is 29.3. The summed E-state index contributed by atoms with van der Waals surface area (Å²) in [6, 6.07) is 14.6. The lowest BCUT2D eigenvalue weighted by Crippen LogP contribution is -2.35. The third kappa shape index (κ3) is 6.60. The average molecular weight is 512 g/mol. The molecule has 2 aromatic rings. The van der Waals surface area contributed by atoms with Crippen molar-refractivity contribution in [2.45, 2.75) is 58.5 Å². The first-order chi connectivity index (χ1) is 17.3. The third-order valence-corrected chi connectivity index (χ3v) is 7.80. The molecule has 4 rings (SSSR count). The van der Waals surface area contributed by atoms with Crippen LogP contribution in [-0.4, -0.2) is 59.9 Å². The highest BCUT2D eigenvalue weighted by Gasteiger charge is 2.33. The van der Waals surface area contributed by atoms with E-state index in [4.69, 9.17) is 16.3 Å². The van der Waals surface area contributed by atoms with Gasteiger partial charge in [-0.15, -0.1) is 0 Å². The minimum Gasteiger partial charge on any atom is -0.491 e. The van der Waals surface area contributed by atoms with Gasteiger partial charge in [0, 0.05) is 31.2 Å². The molecular weight excluding hydrogens is 474 g/mol. The van der Waals surface area contributed by atoms with Gasteiger partial charge in [0.05, 0.1) is 6.54 Å². The second-order valence-corrected chi connectivity index (χ2v) is 10.7. The van der Waals surface area contributed by atoms with Gasteiger partial charge in [0.25, 0.3) is 0 Å². The molecule has 0 bridgehead atoms. The van der Waals surface area contributed by atoms with Crippen LogP contribution < -0.4 is 4.74 Å². The molecule has 1 aliphatic heterocycles. The topological polar surface area (TPSA) is 53.1 Å². The van der Waals surface area contributed by atoms with Crippen LogP contribution in [0.3, 0.4) is 0 Å². The molecule has 1 heterocycles. The summed E-state index contributed by atoms with van der Waals surface area (Å²) in [6.07, 6.45) is 6.66. The number of halogens is 1. The fourth-order valence-electron chi connectivity index (χ4n) is 5.36. The Balaban J connectivity index is 1.41. The molecule has 0 radical (unpaired) electrons. The van der Waals surface area contributed by atoms with Crippen LogP contribution in [0.15, 0.2) is 42.5 Å². The van der Waals surface area contributed by atoms with Crippen LogP contribution in [-0.2, 0) is 11.3 Å². The maximum Gasteiger partial charge on any atom is 0.327 e. The van der Waals surface area contributed by atoms with Gasteiger partial charge in [0.15, 0.2) is 0 Å². The first-order valence-electron chi connectivity index (χ1n) is 13.1. The van der Waals surface area contributed by atoms with Crippen molar-refractivity contribution in [2.75, 3.05) is 33.3 Å². The predicted molar refractivity (Wildman–Crippen MR) is 143 cm³/mol. The second-order valence-electron chi connectivity index (χ2n) is 10.3. The maximum absolute atomic E-state index is 12.1. The first-order valence-corrected chi connectivity index (χ1v) is 13.5. The number of amides is 3. The molecule has 36 heavy (non-hydrogen) atoms. The van der Waals surface area contributed by atoms with Crippen LogP contribution in [0.4, 0.5) is 4.79 Å². The highest BCUT2D eigenvalue weighted by Crippen LogP contribution is 2.31. The summed E-state index contributed by atoms with van der Waals surface area (Å²) in [5.74, 6) is 1.36. The van der Waals surface area contributed by atoms with Gasteiger partial charge in [-0.1, -0.05) is 55.1 Å². The Kier molecular flexibility index (Phi) is 8.91. The summed E-state index contributed by atoms with van der Waals surface area (Å²) < 4.78 is 5.95. The summed E-state index contributed by atoms with van der Waals surface area (Å²) >= 11 is 6.14. The van der Waals surface area contributed by atoms with Crippen LogP contribution in [0.2, 0.25) is 5.02 Å². The molecule has 2 fully saturated rings. The molecule has 7 heteroatoms. The minimum atomic E-state index is -0.261. The van der Waals surface area contributed by atoms with E-state index in [1.165, 1.54) is 53.0 Å². The Morgan fingerprint density at radius 1 is 1.08 bits per heavy atom. The smallest absolute Gasteiger partial charge is 0.327 e. The zero-order chi connectivity index (χ0) is 25.7. The van der Waals surface area contributed by atoms with E-state index in [0.29, 0.717) is 0 Å². The molecule has 0 aromatic heterocycles. The fraction of sp³-hybridized carbons (Fsp3) is 0.517. The molecule has 1 saturated carbocycles. The van der Waals surface area contributed by atoms with Crippen molar-refractivity contribution in [1.29, 1.82) is 0 Å². The van der Waals surface area contributed by atoms with Gasteiger partial charge in [-0.05, 0) is 67.5 Å². The van der Waals surface area contributed by atoms with E-state index >= 15 is 0 Å². The molecule has 2 aromatic carbocycles. The highest BCUT2D eigenvalue weighted by atomic mass is 35.5. The Bertz CT molecular complexity index is 1050. The third-order valence-electron chi connectivity index (χ3n) is 7.55.